The minimum Gasteiger partial charge on any atom is -0.467 e. The lowest BCUT2D eigenvalue weighted by Gasteiger charge is -2.36. The Labute approximate surface area is 293 Å². The van der Waals surface area contributed by atoms with Crippen LogP contribution in [0.4, 0.5) is 0 Å². The van der Waals surface area contributed by atoms with E-state index in [9.17, 15) is 9.59 Å². The maximum absolute atomic E-state index is 14.7. The van der Waals surface area contributed by atoms with Crippen molar-refractivity contribution in [3.05, 3.63) is 57.1 Å². The SMILES string of the molecule is COCOc1ccc(Br)c(C(=O)c2c(OCOC)cccc2C(=O)CCCCCO[Si](C)(C)C(C)(C)C)c1CO[Si](C)(C)C(C)(C)C. The van der Waals surface area contributed by atoms with Crippen molar-refractivity contribution < 1.29 is 37.4 Å². The van der Waals surface area contributed by atoms with Gasteiger partial charge in [0.05, 0.1) is 12.2 Å². The number of carbonyl (C=O) groups is 2. The fourth-order valence-electron chi connectivity index (χ4n) is 4.32. The van der Waals surface area contributed by atoms with Crippen LogP contribution in [0.2, 0.25) is 36.3 Å². The highest BCUT2D eigenvalue weighted by molar-refractivity contribution is 9.10. The zero-order valence-corrected chi connectivity index (χ0v) is 34.3. The summed E-state index contributed by atoms with van der Waals surface area (Å²) < 4.78 is 35.6. The van der Waals surface area contributed by atoms with Crippen LogP contribution in [0, 0.1) is 0 Å². The Morgan fingerprint density at radius 2 is 1.30 bits per heavy atom. The Kier molecular flexibility index (Phi) is 15.5. The van der Waals surface area contributed by atoms with Gasteiger partial charge in [0.15, 0.2) is 41.8 Å². The van der Waals surface area contributed by atoms with E-state index < -0.39 is 16.6 Å². The van der Waals surface area contributed by atoms with Crippen LogP contribution >= 0.6 is 15.9 Å². The molecule has 0 aliphatic heterocycles. The molecule has 0 N–H and O–H groups in total. The summed E-state index contributed by atoms with van der Waals surface area (Å²) >= 11 is 3.63. The highest BCUT2D eigenvalue weighted by Crippen LogP contribution is 2.40. The summed E-state index contributed by atoms with van der Waals surface area (Å²) in [5.41, 5.74) is 1.43. The minimum absolute atomic E-state index is 0.000553. The van der Waals surface area contributed by atoms with Gasteiger partial charge in [-0.1, -0.05) is 76.0 Å². The van der Waals surface area contributed by atoms with Gasteiger partial charge in [-0.05, 0) is 67.3 Å². The van der Waals surface area contributed by atoms with Gasteiger partial charge < -0.3 is 27.8 Å². The lowest BCUT2D eigenvalue weighted by Crippen LogP contribution is -2.40. The summed E-state index contributed by atoms with van der Waals surface area (Å²) in [5.74, 6) is 0.256. The monoisotopic (exact) mass is 752 g/mol. The van der Waals surface area contributed by atoms with Crippen LogP contribution in [0.25, 0.3) is 0 Å². The molecule has 2 aromatic carbocycles. The van der Waals surface area contributed by atoms with Crippen molar-refractivity contribution >= 4 is 44.1 Å². The number of methoxy groups -OCH3 is 2. The van der Waals surface area contributed by atoms with Gasteiger partial charge in [-0.3, -0.25) is 9.59 Å². The third-order valence-electron chi connectivity index (χ3n) is 9.37. The van der Waals surface area contributed by atoms with Crippen LogP contribution in [0.3, 0.4) is 0 Å². The van der Waals surface area contributed by atoms with E-state index in [1.807, 2.05) is 0 Å². The van der Waals surface area contributed by atoms with E-state index in [1.165, 1.54) is 7.11 Å². The number of hydrogen-bond acceptors (Lipinski definition) is 8. The number of halogens is 1. The van der Waals surface area contributed by atoms with E-state index in [1.54, 1.807) is 37.4 Å². The summed E-state index contributed by atoms with van der Waals surface area (Å²) in [6.07, 6.45) is 2.71. The molecule has 0 fully saturated rings. The number of unbranched alkanes of at least 4 members (excludes halogenated alkanes) is 2. The van der Waals surface area contributed by atoms with Crippen LogP contribution in [-0.2, 0) is 24.9 Å². The normalized spacial score (nSPS) is 12.7. The topological polar surface area (TPSA) is 89.5 Å². The number of rotatable bonds is 19. The Bertz CT molecular complexity index is 1350. The average molecular weight is 754 g/mol. The highest BCUT2D eigenvalue weighted by Gasteiger charge is 2.38. The number of ether oxygens (including phenoxy) is 4. The van der Waals surface area contributed by atoms with Gasteiger partial charge in [0.2, 0.25) is 0 Å². The molecule has 0 aromatic heterocycles. The Morgan fingerprint density at radius 1 is 0.723 bits per heavy atom. The first-order valence-electron chi connectivity index (χ1n) is 16.3. The van der Waals surface area contributed by atoms with Crippen molar-refractivity contribution in [2.45, 2.75) is 110 Å². The van der Waals surface area contributed by atoms with E-state index in [0.717, 1.165) is 12.8 Å². The summed E-state index contributed by atoms with van der Waals surface area (Å²) in [7, 11) is -0.976. The van der Waals surface area contributed by atoms with Crippen molar-refractivity contribution in [3.63, 3.8) is 0 Å². The second kappa shape index (κ2) is 17.7. The molecule has 0 atom stereocenters. The molecule has 2 rings (SSSR count). The van der Waals surface area contributed by atoms with Crippen molar-refractivity contribution in [1.29, 1.82) is 0 Å². The largest absolute Gasteiger partial charge is 0.467 e. The fourth-order valence-corrected chi connectivity index (χ4v) is 6.90. The molecule has 0 aliphatic carbocycles. The molecule has 0 unspecified atom stereocenters. The van der Waals surface area contributed by atoms with Gasteiger partial charge in [0.1, 0.15) is 11.5 Å². The first-order chi connectivity index (χ1) is 21.8. The van der Waals surface area contributed by atoms with Crippen LogP contribution < -0.4 is 9.47 Å². The Balaban J connectivity index is 2.47. The number of benzene rings is 2. The average Bonchev–Trinajstić information content (AvgIpc) is 2.98. The first-order valence-corrected chi connectivity index (χ1v) is 22.9. The third-order valence-corrected chi connectivity index (χ3v) is 19.0. The van der Waals surface area contributed by atoms with E-state index in [0.29, 0.717) is 46.4 Å². The Hall–Kier alpha value is -1.87. The van der Waals surface area contributed by atoms with Gasteiger partial charge in [0.25, 0.3) is 0 Å². The molecule has 264 valence electrons. The molecule has 0 saturated carbocycles. The highest BCUT2D eigenvalue weighted by atomic mass is 79.9. The van der Waals surface area contributed by atoms with Crippen molar-refractivity contribution in [1.82, 2.24) is 0 Å². The summed E-state index contributed by atoms with van der Waals surface area (Å²) in [6.45, 7) is 22.7. The number of Topliss-reactive ketones (excluding diaryl/α,β-unsaturated/α-hetero) is 1. The van der Waals surface area contributed by atoms with E-state index in [2.05, 4.69) is 83.7 Å². The van der Waals surface area contributed by atoms with Crippen molar-refractivity contribution in [2.75, 3.05) is 34.4 Å². The second-order valence-corrected chi connectivity index (χ2v) is 25.4. The van der Waals surface area contributed by atoms with Gasteiger partial charge in [-0.2, -0.15) is 0 Å². The molecule has 8 nitrogen and oxygen atoms in total. The zero-order valence-electron chi connectivity index (χ0n) is 30.7. The summed E-state index contributed by atoms with van der Waals surface area (Å²) in [6, 6.07) is 8.67. The first kappa shape index (κ1) is 41.3. The van der Waals surface area contributed by atoms with Crippen molar-refractivity contribution in [3.8, 4) is 11.5 Å². The number of hydrogen-bond donors (Lipinski definition) is 0. The quantitative estimate of drug-likeness (QED) is 0.0607. The van der Waals surface area contributed by atoms with Crippen molar-refractivity contribution in [2.24, 2.45) is 0 Å². The predicted molar refractivity (Wildman–Crippen MR) is 197 cm³/mol. The predicted octanol–water partition coefficient (Wildman–Crippen LogP) is 9.93. The molecular formula is C36H57BrO8Si2. The third kappa shape index (κ3) is 11.3. The van der Waals surface area contributed by atoms with Crippen LogP contribution in [0.15, 0.2) is 34.8 Å². The number of ketones is 2. The second-order valence-electron chi connectivity index (χ2n) is 14.9. The van der Waals surface area contributed by atoms with Crippen LogP contribution in [0.5, 0.6) is 11.5 Å². The molecular weight excluding hydrogens is 696 g/mol. The van der Waals surface area contributed by atoms with Gasteiger partial charge >= 0.3 is 0 Å². The van der Waals surface area contributed by atoms with Gasteiger partial charge in [-0.15, -0.1) is 0 Å². The van der Waals surface area contributed by atoms with E-state index >= 15 is 0 Å². The molecule has 0 amide bonds. The molecule has 2 aromatic rings. The molecule has 0 heterocycles. The summed E-state index contributed by atoms with van der Waals surface area (Å²) in [5, 5.41) is 0.108. The lowest BCUT2D eigenvalue weighted by molar-refractivity contribution is 0.0491. The zero-order chi connectivity index (χ0) is 35.6. The van der Waals surface area contributed by atoms with Crippen LogP contribution in [0.1, 0.15) is 99.1 Å². The summed E-state index contributed by atoms with van der Waals surface area (Å²) in [4.78, 5) is 28.4. The molecule has 11 heteroatoms. The Morgan fingerprint density at radius 3 is 1.87 bits per heavy atom. The molecule has 0 saturated heterocycles. The molecule has 47 heavy (non-hydrogen) atoms. The standard InChI is InChI=1S/C36H57BrO8Si2/c1-35(2,3)46(9,10)44-22-15-13-14-18-29(38)26-17-16-19-31(43-25-41-8)33(26)34(39)32-27(23-45-47(11,12)36(4,5)6)30(42-24-40-7)21-20-28(32)37/h16-17,19-21H,13-15,18,22-25H2,1-12H3. The number of carbonyl (C=O) groups excluding carboxylic acids is 2. The maximum atomic E-state index is 14.7. The lowest BCUT2D eigenvalue weighted by atomic mass is 9.91. The molecule has 0 radical (unpaired) electrons. The maximum Gasteiger partial charge on any atom is 0.199 e. The minimum atomic E-state index is -2.21. The fraction of sp³-hybridized carbons (Fsp3) is 0.611. The smallest absolute Gasteiger partial charge is 0.199 e. The van der Waals surface area contributed by atoms with Crippen LogP contribution in [-0.4, -0.2) is 62.6 Å². The van der Waals surface area contributed by atoms with Gasteiger partial charge in [0, 0.05) is 48.4 Å². The van der Waals surface area contributed by atoms with E-state index in [4.69, 9.17) is 27.8 Å². The molecule has 0 spiro atoms. The van der Waals surface area contributed by atoms with Gasteiger partial charge in [-0.25, -0.2) is 0 Å². The van der Waals surface area contributed by atoms with E-state index in [-0.39, 0.29) is 53.1 Å². The molecule has 0 aliphatic rings. The molecule has 0 bridgehead atoms.